The van der Waals surface area contributed by atoms with Gasteiger partial charge in [-0.15, -0.1) is 0 Å². The SMILES string of the molecule is CCCCCCCC(=O)NCCN(C(=O)c1ccccc1C)c1ccc(F)cc1. The van der Waals surface area contributed by atoms with Crippen molar-refractivity contribution in [3.8, 4) is 0 Å². The first kappa shape index (κ1) is 22.6. The lowest BCUT2D eigenvalue weighted by molar-refractivity contribution is -0.121. The molecule has 0 spiro atoms. The van der Waals surface area contributed by atoms with Gasteiger partial charge in [-0.25, -0.2) is 4.39 Å². The van der Waals surface area contributed by atoms with E-state index in [0.717, 1.165) is 24.8 Å². The Morgan fingerprint density at radius 2 is 1.66 bits per heavy atom. The molecule has 156 valence electrons. The lowest BCUT2D eigenvalue weighted by Crippen LogP contribution is -2.39. The van der Waals surface area contributed by atoms with Gasteiger partial charge in [-0.2, -0.15) is 0 Å². The lowest BCUT2D eigenvalue weighted by Gasteiger charge is -2.24. The zero-order chi connectivity index (χ0) is 21.1. The molecule has 0 bridgehead atoms. The summed E-state index contributed by atoms with van der Waals surface area (Å²) in [5, 5.41) is 2.90. The first-order valence-corrected chi connectivity index (χ1v) is 10.4. The maximum absolute atomic E-state index is 13.3. The molecule has 2 aromatic carbocycles. The average molecular weight is 399 g/mol. The number of carbonyl (C=O) groups is 2. The fourth-order valence-corrected chi connectivity index (χ4v) is 3.21. The maximum atomic E-state index is 13.3. The monoisotopic (exact) mass is 398 g/mol. The summed E-state index contributed by atoms with van der Waals surface area (Å²) in [5.74, 6) is -0.513. The quantitative estimate of drug-likeness (QED) is 0.525. The Morgan fingerprint density at radius 1 is 0.966 bits per heavy atom. The minimum absolute atomic E-state index is 0.00361. The van der Waals surface area contributed by atoms with Crippen LogP contribution in [0, 0.1) is 12.7 Å². The van der Waals surface area contributed by atoms with Crippen LogP contribution in [0.15, 0.2) is 48.5 Å². The first-order valence-electron chi connectivity index (χ1n) is 10.4. The van der Waals surface area contributed by atoms with Crippen LogP contribution < -0.4 is 10.2 Å². The molecule has 1 N–H and O–H groups in total. The van der Waals surface area contributed by atoms with Crippen molar-refractivity contribution in [1.82, 2.24) is 5.32 Å². The Hall–Kier alpha value is -2.69. The number of amides is 2. The minimum Gasteiger partial charge on any atom is -0.354 e. The van der Waals surface area contributed by atoms with E-state index < -0.39 is 0 Å². The van der Waals surface area contributed by atoms with Gasteiger partial charge in [0.1, 0.15) is 5.82 Å². The molecule has 0 aliphatic heterocycles. The van der Waals surface area contributed by atoms with E-state index in [2.05, 4.69) is 12.2 Å². The van der Waals surface area contributed by atoms with Crippen LogP contribution in [0.1, 0.15) is 61.4 Å². The van der Waals surface area contributed by atoms with Crippen molar-refractivity contribution in [3.63, 3.8) is 0 Å². The number of anilines is 1. The third-order valence-electron chi connectivity index (χ3n) is 4.92. The molecule has 0 atom stereocenters. The molecule has 0 aliphatic rings. The number of aryl methyl sites for hydroxylation is 1. The van der Waals surface area contributed by atoms with Crippen LogP contribution in [0.3, 0.4) is 0 Å². The summed E-state index contributed by atoms with van der Waals surface area (Å²) in [7, 11) is 0. The molecule has 0 heterocycles. The van der Waals surface area contributed by atoms with Crippen LogP contribution in [-0.4, -0.2) is 24.9 Å². The van der Waals surface area contributed by atoms with E-state index in [-0.39, 0.29) is 17.6 Å². The third kappa shape index (κ3) is 7.33. The molecule has 0 unspecified atom stereocenters. The van der Waals surface area contributed by atoms with E-state index in [1.54, 1.807) is 23.1 Å². The molecule has 0 aliphatic carbocycles. The number of halogens is 1. The Morgan fingerprint density at radius 3 is 2.34 bits per heavy atom. The fraction of sp³-hybridized carbons (Fsp3) is 0.417. The summed E-state index contributed by atoms with van der Waals surface area (Å²) >= 11 is 0. The zero-order valence-corrected chi connectivity index (χ0v) is 17.4. The number of unbranched alkanes of at least 4 members (excludes halogenated alkanes) is 4. The number of carbonyl (C=O) groups excluding carboxylic acids is 2. The predicted molar refractivity (Wildman–Crippen MR) is 116 cm³/mol. The largest absolute Gasteiger partial charge is 0.354 e. The van der Waals surface area contributed by atoms with Gasteiger partial charge in [0.25, 0.3) is 5.91 Å². The third-order valence-corrected chi connectivity index (χ3v) is 4.92. The molecule has 0 radical (unpaired) electrons. The molecule has 2 aromatic rings. The van der Waals surface area contributed by atoms with Gasteiger partial charge in [-0.1, -0.05) is 50.8 Å². The topological polar surface area (TPSA) is 49.4 Å². The first-order chi connectivity index (χ1) is 14.0. The average Bonchev–Trinajstić information content (AvgIpc) is 2.72. The summed E-state index contributed by atoms with van der Waals surface area (Å²) < 4.78 is 13.3. The van der Waals surface area contributed by atoms with Crippen molar-refractivity contribution in [2.75, 3.05) is 18.0 Å². The second kappa shape index (κ2) is 12.0. The molecule has 4 nitrogen and oxygen atoms in total. The van der Waals surface area contributed by atoms with Gasteiger partial charge in [-0.05, 0) is 49.2 Å². The molecule has 29 heavy (non-hydrogen) atoms. The van der Waals surface area contributed by atoms with Gasteiger partial charge in [-0.3, -0.25) is 9.59 Å². The highest BCUT2D eigenvalue weighted by Crippen LogP contribution is 2.19. The highest BCUT2D eigenvalue weighted by molar-refractivity contribution is 6.07. The van der Waals surface area contributed by atoms with Crippen molar-refractivity contribution < 1.29 is 14.0 Å². The second-order valence-corrected chi connectivity index (χ2v) is 7.26. The van der Waals surface area contributed by atoms with Crippen LogP contribution in [0.4, 0.5) is 10.1 Å². The van der Waals surface area contributed by atoms with Crippen molar-refractivity contribution in [2.24, 2.45) is 0 Å². The molecule has 2 amide bonds. The van der Waals surface area contributed by atoms with Gasteiger partial charge >= 0.3 is 0 Å². The van der Waals surface area contributed by atoms with Crippen molar-refractivity contribution in [3.05, 3.63) is 65.5 Å². The molecule has 2 rings (SSSR count). The van der Waals surface area contributed by atoms with Gasteiger partial charge in [0.15, 0.2) is 0 Å². The molecule has 0 aromatic heterocycles. The van der Waals surface area contributed by atoms with Crippen LogP contribution >= 0.6 is 0 Å². The standard InChI is InChI=1S/C24H31FN2O2/c1-3-4-5-6-7-12-23(28)26-17-18-27(21-15-13-20(25)14-16-21)24(29)22-11-9-8-10-19(22)2/h8-11,13-16H,3-7,12,17-18H2,1-2H3,(H,26,28). The van der Waals surface area contributed by atoms with Crippen LogP contribution in [0.5, 0.6) is 0 Å². The summed E-state index contributed by atoms with van der Waals surface area (Å²) in [5.41, 5.74) is 2.08. The molecule has 5 heteroatoms. The summed E-state index contributed by atoms with van der Waals surface area (Å²) in [6.07, 6.45) is 6.00. The maximum Gasteiger partial charge on any atom is 0.258 e. The van der Waals surface area contributed by atoms with E-state index in [4.69, 9.17) is 0 Å². The van der Waals surface area contributed by atoms with Crippen molar-refractivity contribution in [2.45, 2.75) is 52.4 Å². The number of hydrogen-bond donors (Lipinski definition) is 1. The van der Waals surface area contributed by atoms with E-state index in [1.807, 2.05) is 25.1 Å². The van der Waals surface area contributed by atoms with Gasteiger partial charge < -0.3 is 10.2 Å². The summed E-state index contributed by atoms with van der Waals surface area (Å²) in [6, 6.07) is 13.2. The van der Waals surface area contributed by atoms with Crippen LogP contribution in [0.25, 0.3) is 0 Å². The minimum atomic E-state index is -0.353. The molecule has 0 saturated heterocycles. The molecular formula is C24H31FN2O2. The van der Waals surface area contributed by atoms with Gasteiger partial charge in [0.2, 0.25) is 5.91 Å². The lowest BCUT2D eigenvalue weighted by atomic mass is 10.1. The van der Waals surface area contributed by atoms with Crippen molar-refractivity contribution in [1.29, 1.82) is 0 Å². The van der Waals surface area contributed by atoms with E-state index in [1.165, 1.54) is 25.0 Å². The predicted octanol–water partition coefficient (Wildman–Crippen LogP) is 5.26. The number of hydrogen-bond acceptors (Lipinski definition) is 2. The highest BCUT2D eigenvalue weighted by Gasteiger charge is 2.19. The van der Waals surface area contributed by atoms with E-state index in [0.29, 0.717) is 30.8 Å². The molecular weight excluding hydrogens is 367 g/mol. The van der Waals surface area contributed by atoms with Gasteiger partial charge in [0, 0.05) is 30.8 Å². The number of benzene rings is 2. The van der Waals surface area contributed by atoms with Crippen LogP contribution in [-0.2, 0) is 4.79 Å². The summed E-state index contributed by atoms with van der Waals surface area (Å²) in [4.78, 5) is 26.8. The second-order valence-electron chi connectivity index (χ2n) is 7.26. The Balaban J connectivity index is 1.98. The van der Waals surface area contributed by atoms with Gasteiger partial charge in [0.05, 0.1) is 0 Å². The smallest absolute Gasteiger partial charge is 0.258 e. The molecule has 0 saturated carbocycles. The highest BCUT2D eigenvalue weighted by atomic mass is 19.1. The zero-order valence-electron chi connectivity index (χ0n) is 17.4. The van der Waals surface area contributed by atoms with Crippen molar-refractivity contribution >= 4 is 17.5 Å². The van der Waals surface area contributed by atoms with E-state index >= 15 is 0 Å². The molecule has 0 fully saturated rings. The Labute approximate surface area is 173 Å². The fourth-order valence-electron chi connectivity index (χ4n) is 3.21. The number of nitrogens with one attached hydrogen (secondary N) is 1. The summed E-state index contributed by atoms with van der Waals surface area (Å²) in [6.45, 7) is 4.72. The van der Waals surface area contributed by atoms with E-state index in [9.17, 15) is 14.0 Å². The number of nitrogens with zero attached hydrogens (tertiary/aromatic N) is 1. The Bertz CT molecular complexity index is 790. The Kier molecular flexibility index (Phi) is 9.35. The van der Waals surface area contributed by atoms with Crippen LogP contribution in [0.2, 0.25) is 0 Å². The number of rotatable bonds is 11. The normalized spacial score (nSPS) is 10.6.